The number of sulfonamides is 1. The van der Waals surface area contributed by atoms with E-state index in [0.29, 0.717) is 19.0 Å². The van der Waals surface area contributed by atoms with Crippen molar-refractivity contribution in [3.8, 4) is 0 Å². The van der Waals surface area contributed by atoms with Crippen molar-refractivity contribution in [3.63, 3.8) is 0 Å². The quantitative estimate of drug-likeness (QED) is 0.758. The summed E-state index contributed by atoms with van der Waals surface area (Å²) in [6.45, 7) is 9.13. The van der Waals surface area contributed by atoms with Crippen molar-refractivity contribution < 1.29 is 8.42 Å². The summed E-state index contributed by atoms with van der Waals surface area (Å²) in [4.78, 5) is 8.26. The molecule has 7 heteroatoms. The topological polar surface area (TPSA) is 75.2 Å². The Morgan fingerprint density at radius 1 is 1.24 bits per heavy atom. The fourth-order valence-electron chi connectivity index (χ4n) is 1.93. The SMILES string of the molecule is CCCCN(C(C)CC)S(=O)(=O)c1cnc(NCC)nc1. The van der Waals surface area contributed by atoms with E-state index in [4.69, 9.17) is 0 Å². The number of rotatable bonds is 9. The van der Waals surface area contributed by atoms with Crippen molar-refractivity contribution in [3.05, 3.63) is 12.4 Å². The summed E-state index contributed by atoms with van der Waals surface area (Å²) < 4.78 is 27.0. The molecular formula is C14H26N4O2S. The molecule has 1 rings (SSSR count). The van der Waals surface area contributed by atoms with E-state index < -0.39 is 10.0 Å². The average Bonchev–Trinajstić information content (AvgIpc) is 2.48. The van der Waals surface area contributed by atoms with E-state index in [1.54, 1.807) is 4.31 Å². The number of hydrogen-bond acceptors (Lipinski definition) is 5. The minimum atomic E-state index is -3.54. The molecule has 21 heavy (non-hydrogen) atoms. The van der Waals surface area contributed by atoms with E-state index in [1.807, 2.05) is 20.8 Å². The molecule has 1 heterocycles. The van der Waals surface area contributed by atoms with Gasteiger partial charge in [0.2, 0.25) is 16.0 Å². The molecule has 0 bridgehead atoms. The molecule has 1 atom stereocenters. The van der Waals surface area contributed by atoms with Crippen LogP contribution in [0.3, 0.4) is 0 Å². The van der Waals surface area contributed by atoms with Gasteiger partial charge in [0, 0.05) is 19.1 Å². The molecule has 0 radical (unpaired) electrons. The Kier molecular flexibility index (Phi) is 7.04. The van der Waals surface area contributed by atoms with Crippen molar-refractivity contribution in [2.45, 2.75) is 57.9 Å². The van der Waals surface area contributed by atoms with Gasteiger partial charge in [-0.3, -0.25) is 0 Å². The van der Waals surface area contributed by atoms with E-state index in [1.165, 1.54) is 12.4 Å². The van der Waals surface area contributed by atoms with Gasteiger partial charge in [0.05, 0.1) is 12.4 Å². The minimum absolute atomic E-state index is 0.0324. The summed E-state index contributed by atoms with van der Waals surface area (Å²) in [5.74, 6) is 0.445. The molecule has 1 aromatic rings. The lowest BCUT2D eigenvalue weighted by Crippen LogP contribution is -2.39. The van der Waals surface area contributed by atoms with Crippen molar-refractivity contribution in [1.29, 1.82) is 0 Å². The molecule has 0 saturated heterocycles. The molecule has 0 aliphatic heterocycles. The van der Waals surface area contributed by atoms with Gasteiger partial charge in [0.15, 0.2) is 0 Å². The molecule has 0 aromatic carbocycles. The third-order valence-electron chi connectivity index (χ3n) is 3.38. The van der Waals surface area contributed by atoms with Gasteiger partial charge in [-0.1, -0.05) is 20.3 Å². The molecule has 0 spiro atoms. The first-order valence-corrected chi connectivity index (χ1v) is 8.99. The zero-order chi connectivity index (χ0) is 15.9. The van der Waals surface area contributed by atoms with Crippen LogP contribution in [-0.4, -0.2) is 41.8 Å². The lowest BCUT2D eigenvalue weighted by molar-refractivity contribution is 0.324. The summed E-state index contributed by atoms with van der Waals surface area (Å²) >= 11 is 0. The highest BCUT2D eigenvalue weighted by Gasteiger charge is 2.28. The number of nitrogens with zero attached hydrogens (tertiary/aromatic N) is 3. The van der Waals surface area contributed by atoms with E-state index in [0.717, 1.165) is 19.3 Å². The van der Waals surface area contributed by atoms with Crippen molar-refractivity contribution in [2.24, 2.45) is 0 Å². The number of aromatic nitrogens is 2. The molecule has 0 aliphatic carbocycles. The first kappa shape index (κ1) is 17.8. The second-order valence-corrected chi connectivity index (χ2v) is 6.89. The third kappa shape index (κ3) is 4.64. The van der Waals surface area contributed by atoms with Crippen LogP contribution < -0.4 is 5.32 Å². The van der Waals surface area contributed by atoms with Gasteiger partial charge in [0.1, 0.15) is 4.90 Å². The predicted molar refractivity (Wildman–Crippen MR) is 84.7 cm³/mol. The normalized spacial score (nSPS) is 13.4. The molecule has 1 N–H and O–H groups in total. The van der Waals surface area contributed by atoms with Gasteiger partial charge in [-0.25, -0.2) is 18.4 Å². The van der Waals surface area contributed by atoms with Gasteiger partial charge in [-0.05, 0) is 26.7 Å². The van der Waals surface area contributed by atoms with Crippen LogP contribution in [0.5, 0.6) is 0 Å². The molecule has 0 aliphatic rings. The molecule has 6 nitrogen and oxygen atoms in total. The van der Waals surface area contributed by atoms with E-state index in [-0.39, 0.29) is 10.9 Å². The zero-order valence-corrected chi connectivity index (χ0v) is 14.2. The smallest absolute Gasteiger partial charge is 0.246 e. The van der Waals surface area contributed by atoms with Crippen LogP contribution in [0.25, 0.3) is 0 Å². The number of hydrogen-bond donors (Lipinski definition) is 1. The van der Waals surface area contributed by atoms with Gasteiger partial charge in [0.25, 0.3) is 0 Å². The summed E-state index contributed by atoms with van der Waals surface area (Å²) in [5.41, 5.74) is 0. The Balaban J connectivity index is 3.03. The molecule has 1 unspecified atom stereocenters. The van der Waals surface area contributed by atoms with Crippen LogP contribution in [-0.2, 0) is 10.0 Å². The molecule has 0 amide bonds. The van der Waals surface area contributed by atoms with Crippen molar-refractivity contribution in [1.82, 2.24) is 14.3 Å². The number of nitrogens with one attached hydrogen (secondary N) is 1. The van der Waals surface area contributed by atoms with Crippen molar-refractivity contribution >= 4 is 16.0 Å². The van der Waals surface area contributed by atoms with Gasteiger partial charge in [-0.15, -0.1) is 0 Å². The molecular weight excluding hydrogens is 288 g/mol. The summed E-state index contributed by atoms with van der Waals surface area (Å²) in [5, 5.41) is 2.95. The van der Waals surface area contributed by atoms with Gasteiger partial charge < -0.3 is 5.32 Å². The van der Waals surface area contributed by atoms with E-state index in [2.05, 4.69) is 22.2 Å². The maximum Gasteiger partial charge on any atom is 0.246 e. The van der Waals surface area contributed by atoms with E-state index in [9.17, 15) is 8.42 Å². The maximum absolute atomic E-state index is 12.7. The standard InChI is InChI=1S/C14H26N4O2S/c1-5-8-9-18(12(4)6-2)21(19,20)13-10-16-14(15-7-3)17-11-13/h10-12H,5-9H2,1-4H3,(H,15,16,17). The fraction of sp³-hybridized carbons (Fsp3) is 0.714. The largest absolute Gasteiger partial charge is 0.355 e. The Morgan fingerprint density at radius 3 is 2.33 bits per heavy atom. The predicted octanol–water partition coefficient (Wildman–Crippen LogP) is 2.50. The van der Waals surface area contributed by atoms with E-state index >= 15 is 0 Å². The molecule has 120 valence electrons. The molecule has 0 saturated carbocycles. The molecule has 0 fully saturated rings. The highest BCUT2D eigenvalue weighted by Crippen LogP contribution is 2.19. The summed E-state index contributed by atoms with van der Waals surface area (Å²) in [6.07, 6.45) is 5.33. The maximum atomic E-state index is 12.7. The van der Waals surface area contributed by atoms with Crippen LogP contribution in [0.4, 0.5) is 5.95 Å². The Bertz CT molecular complexity index is 516. The summed E-state index contributed by atoms with van der Waals surface area (Å²) in [7, 11) is -3.54. The lowest BCUT2D eigenvalue weighted by Gasteiger charge is -2.27. The minimum Gasteiger partial charge on any atom is -0.355 e. The van der Waals surface area contributed by atoms with Crippen LogP contribution in [0.15, 0.2) is 17.3 Å². The second kappa shape index (κ2) is 8.29. The average molecular weight is 314 g/mol. The highest BCUT2D eigenvalue weighted by molar-refractivity contribution is 7.89. The van der Waals surface area contributed by atoms with Crippen LogP contribution in [0, 0.1) is 0 Å². The monoisotopic (exact) mass is 314 g/mol. The Hall–Kier alpha value is -1.21. The van der Waals surface area contributed by atoms with Crippen molar-refractivity contribution in [2.75, 3.05) is 18.4 Å². The number of unbranched alkanes of at least 4 members (excludes halogenated alkanes) is 1. The second-order valence-electron chi connectivity index (χ2n) is 5.00. The van der Waals surface area contributed by atoms with Gasteiger partial charge >= 0.3 is 0 Å². The van der Waals surface area contributed by atoms with Crippen LogP contribution in [0.1, 0.15) is 47.0 Å². The summed E-state index contributed by atoms with van der Waals surface area (Å²) in [6, 6.07) is -0.0324. The number of anilines is 1. The third-order valence-corrected chi connectivity index (χ3v) is 5.35. The zero-order valence-electron chi connectivity index (χ0n) is 13.3. The Morgan fingerprint density at radius 2 is 1.86 bits per heavy atom. The lowest BCUT2D eigenvalue weighted by atomic mass is 10.2. The van der Waals surface area contributed by atoms with Crippen LogP contribution in [0.2, 0.25) is 0 Å². The Labute approximate surface area is 128 Å². The first-order chi connectivity index (χ1) is 9.97. The van der Waals surface area contributed by atoms with Crippen LogP contribution >= 0.6 is 0 Å². The highest BCUT2D eigenvalue weighted by atomic mass is 32.2. The van der Waals surface area contributed by atoms with Gasteiger partial charge in [-0.2, -0.15) is 4.31 Å². The first-order valence-electron chi connectivity index (χ1n) is 7.55. The molecule has 1 aromatic heterocycles. The fourth-order valence-corrected chi connectivity index (χ4v) is 3.56.